The highest BCUT2D eigenvalue weighted by Gasteiger charge is 2.08. The molecule has 2 heterocycles. The van der Waals surface area contributed by atoms with Crippen LogP contribution in [0.25, 0.3) is 11.0 Å². The first-order valence-electron chi connectivity index (χ1n) is 10.1. The Bertz CT molecular complexity index is 709. The average molecular weight is 375 g/mol. The van der Waals surface area contributed by atoms with Gasteiger partial charge in [-0.3, -0.25) is 9.67 Å². The van der Waals surface area contributed by atoms with E-state index >= 15 is 0 Å². The molecule has 0 fully saturated rings. The van der Waals surface area contributed by atoms with Crippen LogP contribution in [-0.2, 0) is 7.05 Å². The van der Waals surface area contributed by atoms with Crippen molar-refractivity contribution in [2.75, 3.05) is 31.5 Å². The van der Waals surface area contributed by atoms with E-state index in [0.717, 1.165) is 49.0 Å². The summed E-state index contributed by atoms with van der Waals surface area (Å²) in [5.41, 5.74) is 0.827. The highest BCUT2D eigenvalue weighted by atomic mass is 15.3. The minimum Gasteiger partial charge on any atom is -0.368 e. The number of hydrogen-bond donors (Lipinski definition) is 3. The van der Waals surface area contributed by atoms with E-state index < -0.39 is 0 Å². The molecule has 0 saturated heterocycles. The van der Waals surface area contributed by atoms with Crippen LogP contribution in [0.3, 0.4) is 0 Å². The van der Waals surface area contributed by atoms with Crippen LogP contribution in [-0.4, -0.2) is 51.9 Å². The summed E-state index contributed by atoms with van der Waals surface area (Å²) in [5.74, 6) is 2.35. The number of fused-ring (bicyclic) bond motifs is 1. The Morgan fingerprint density at radius 3 is 2.78 bits per heavy atom. The summed E-state index contributed by atoms with van der Waals surface area (Å²) in [6.45, 7) is 9.80. The van der Waals surface area contributed by atoms with E-state index in [-0.39, 0.29) is 0 Å². The maximum absolute atomic E-state index is 4.76. The average Bonchev–Trinajstić information content (AvgIpc) is 3.07. The number of rotatable bonds is 11. The van der Waals surface area contributed by atoms with Crippen molar-refractivity contribution in [2.45, 2.75) is 46.5 Å². The fourth-order valence-corrected chi connectivity index (χ4v) is 2.94. The summed E-state index contributed by atoms with van der Waals surface area (Å²) in [5, 5.41) is 15.2. The number of anilines is 1. The van der Waals surface area contributed by atoms with Gasteiger partial charge in [0.15, 0.2) is 11.6 Å². The molecule has 0 spiro atoms. The van der Waals surface area contributed by atoms with E-state index in [1.54, 1.807) is 17.2 Å². The van der Waals surface area contributed by atoms with Crippen LogP contribution in [0, 0.1) is 5.92 Å². The molecule has 8 heteroatoms. The lowest BCUT2D eigenvalue weighted by Crippen LogP contribution is -2.40. The largest absolute Gasteiger partial charge is 0.368 e. The normalized spacial score (nSPS) is 13.0. The number of aromatic nitrogens is 4. The lowest BCUT2D eigenvalue weighted by atomic mass is 10.00. The van der Waals surface area contributed by atoms with Gasteiger partial charge in [-0.2, -0.15) is 5.10 Å². The second kappa shape index (κ2) is 11.4. The van der Waals surface area contributed by atoms with Crippen molar-refractivity contribution in [1.82, 2.24) is 30.4 Å². The molecule has 2 aromatic heterocycles. The maximum Gasteiger partial charge on any atom is 0.191 e. The number of unbranched alkanes of at least 4 members (excludes halogenated alkanes) is 1. The smallest absolute Gasteiger partial charge is 0.191 e. The zero-order valence-corrected chi connectivity index (χ0v) is 17.1. The van der Waals surface area contributed by atoms with Crippen LogP contribution < -0.4 is 16.0 Å². The van der Waals surface area contributed by atoms with Gasteiger partial charge in [-0.25, -0.2) is 9.97 Å². The van der Waals surface area contributed by atoms with Crippen LogP contribution in [0.4, 0.5) is 5.82 Å². The standard InChI is InChI=1S/C19H34N8/c1-5-8-9-15(6-2)12-23-19(20-7-3)22-11-10-21-17-16-13-26-27(4)18(16)25-14-24-17/h13-15H,5-12H2,1-4H3,(H2,20,22,23)(H,21,24,25). The van der Waals surface area contributed by atoms with Gasteiger partial charge in [-0.1, -0.05) is 33.1 Å². The molecular formula is C19H34N8. The van der Waals surface area contributed by atoms with Crippen LogP contribution >= 0.6 is 0 Å². The van der Waals surface area contributed by atoms with Gasteiger partial charge >= 0.3 is 0 Å². The first-order chi connectivity index (χ1) is 13.2. The molecule has 0 aliphatic rings. The van der Waals surface area contributed by atoms with E-state index in [4.69, 9.17) is 4.99 Å². The summed E-state index contributed by atoms with van der Waals surface area (Å²) in [4.78, 5) is 13.3. The predicted molar refractivity (Wildman–Crippen MR) is 112 cm³/mol. The lowest BCUT2D eigenvalue weighted by Gasteiger charge is -2.15. The number of aliphatic imine (C=N–C) groups is 1. The Labute approximate surface area is 162 Å². The maximum atomic E-state index is 4.76. The zero-order chi connectivity index (χ0) is 19.5. The van der Waals surface area contributed by atoms with Gasteiger partial charge in [0.05, 0.1) is 11.6 Å². The molecule has 0 radical (unpaired) electrons. The molecule has 3 N–H and O–H groups in total. The van der Waals surface area contributed by atoms with Crippen LogP contribution in [0.5, 0.6) is 0 Å². The predicted octanol–water partition coefficient (Wildman–Crippen LogP) is 2.55. The third kappa shape index (κ3) is 6.37. The summed E-state index contributed by atoms with van der Waals surface area (Å²) in [7, 11) is 1.88. The second-order valence-electron chi connectivity index (χ2n) is 6.72. The molecule has 0 saturated carbocycles. The lowest BCUT2D eigenvalue weighted by molar-refractivity contribution is 0.461. The van der Waals surface area contributed by atoms with E-state index in [2.05, 4.69) is 51.8 Å². The molecule has 0 amide bonds. The van der Waals surface area contributed by atoms with Crippen molar-refractivity contribution in [3.8, 4) is 0 Å². The molecule has 0 aliphatic carbocycles. The molecule has 150 valence electrons. The number of nitrogens with one attached hydrogen (secondary N) is 3. The van der Waals surface area contributed by atoms with Gasteiger partial charge in [0.1, 0.15) is 12.1 Å². The van der Waals surface area contributed by atoms with Crippen molar-refractivity contribution >= 4 is 22.8 Å². The Morgan fingerprint density at radius 1 is 1.19 bits per heavy atom. The first kappa shape index (κ1) is 20.9. The van der Waals surface area contributed by atoms with Gasteiger partial charge < -0.3 is 16.0 Å². The van der Waals surface area contributed by atoms with Crippen LogP contribution in [0.2, 0.25) is 0 Å². The van der Waals surface area contributed by atoms with Crippen LogP contribution in [0.1, 0.15) is 46.5 Å². The summed E-state index contributed by atoms with van der Waals surface area (Å²) >= 11 is 0. The molecule has 1 unspecified atom stereocenters. The summed E-state index contributed by atoms with van der Waals surface area (Å²) in [6.07, 6.45) is 8.32. The van der Waals surface area contributed by atoms with Crippen molar-refractivity contribution in [3.05, 3.63) is 12.5 Å². The third-order valence-corrected chi connectivity index (χ3v) is 4.63. The van der Waals surface area contributed by atoms with Gasteiger partial charge in [-0.15, -0.1) is 0 Å². The van der Waals surface area contributed by atoms with E-state index in [1.807, 2.05) is 7.05 Å². The Kier molecular flexibility index (Phi) is 8.80. The van der Waals surface area contributed by atoms with Gasteiger partial charge in [0.25, 0.3) is 0 Å². The fraction of sp³-hybridized carbons (Fsp3) is 0.684. The molecular weight excluding hydrogens is 340 g/mol. The summed E-state index contributed by atoms with van der Waals surface area (Å²) in [6, 6.07) is 0. The van der Waals surface area contributed by atoms with Crippen LogP contribution in [0.15, 0.2) is 17.5 Å². The van der Waals surface area contributed by atoms with E-state index in [9.17, 15) is 0 Å². The van der Waals surface area contributed by atoms with Crippen molar-refractivity contribution in [2.24, 2.45) is 18.0 Å². The van der Waals surface area contributed by atoms with E-state index in [1.165, 1.54) is 25.7 Å². The highest BCUT2D eigenvalue weighted by Crippen LogP contribution is 2.17. The second-order valence-corrected chi connectivity index (χ2v) is 6.72. The number of guanidine groups is 1. The van der Waals surface area contributed by atoms with Gasteiger partial charge in [-0.05, 0) is 19.3 Å². The summed E-state index contributed by atoms with van der Waals surface area (Å²) < 4.78 is 1.75. The molecule has 1 atom stereocenters. The molecule has 27 heavy (non-hydrogen) atoms. The molecule has 0 aliphatic heterocycles. The zero-order valence-electron chi connectivity index (χ0n) is 17.1. The molecule has 2 rings (SSSR count). The molecule has 0 bridgehead atoms. The Hall–Kier alpha value is -2.38. The Morgan fingerprint density at radius 2 is 2.04 bits per heavy atom. The molecule has 2 aromatic rings. The minimum atomic E-state index is 0.665. The van der Waals surface area contributed by atoms with Crippen molar-refractivity contribution in [1.29, 1.82) is 0 Å². The Balaban J connectivity index is 1.83. The number of aryl methyl sites for hydroxylation is 1. The van der Waals surface area contributed by atoms with Crippen molar-refractivity contribution < 1.29 is 0 Å². The molecule has 8 nitrogen and oxygen atoms in total. The minimum absolute atomic E-state index is 0.665. The van der Waals surface area contributed by atoms with E-state index in [0.29, 0.717) is 5.92 Å². The monoisotopic (exact) mass is 374 g/mol. The number of hydrogen-bond acceptors (Lipinski definition) is 5. The third-order valence-electron chi connectivity index (χ3n) is 4.63. The quantitative estimate of drug-likeness (QED) is 0.318. The van der Waals surface area contributed by atoms with Gasteiger partial charge in [0, 0.05) is 33.2 Å². The SMILES string of the molecule is CCCCC(CC)CN=C(NCC)NCCNc1ncnc2c1cnn2C. The van der Waals surface area contributed by atoms with Crippen molar-refractivity contribution in [3.63, 3.8) is 0 Å². The van der Waals surface area contributed by atoms with Gasteiger partial charge in [0.2, 0.25) is 0 Å². The fourth-order valence-electron chi connectivity index (χ4n) is 2.94. The number of nitrogens with zero attached hydrogens (tertiary/aromatic N) is 5. The topological polar surface area (TPSA) is 92.1 Å². The highest BCUT2D eigenvalue weighted by molar-refractivity contribution is 5.86. The first-order valence-corrected chi connectivity index (χ1v) is 10.1. The molecule has 0 aromatic carbocycles.